The van der Waals surface area contributed by atoms with Crippen molar-refractivity contribution in [2.45, 2.75) is 13.5 Å². The van der Waals surface area contributed by atoms with E-state index < -0.39 is 7.12 Å². The molecule has 2 heterocycles. The molecule has 0 atom stereocenters. The summed E-state index contributed by atoms with van der Waals surface area (Å²) in [7, 11) is 2.20. The third-order valence-corrected chi connectivity index (χ3v) is 4.85. The lowest BCUT2D eigenvalue weighted by atomic mass is 9.78. The summed E-state index contributed by atoms with van der Waals surface area (Å²) in [5.74, 6) is 1.45. The quantitative estimate of drug-likeness (QED) is 0.420. The molecule has 30 heavy (non-hydrogen) atoms. The number of rotatable bonds is 6. The van der Waals surface area contributed by atoms with E-state index in [1.807, 2.05) is 73.0 Å². The van der Waals surface area contributed by atoms with E-state index in [0.29, 0.717) is 29.9 Å². The van der Waals surface area contributed by atoms with Crippen molar-refractivity contribution in [1.29, 1.82) is 0 Å². The maximum atomic E-state index is 9.72. The minimum atomic E-state index is -1.55. The monoisotopic (exact) mass is 402 g/mol. The molecule has 0 unspecified atom stereocenters. The molecule has 4 rings (SSSR count). The molecule has 0 aliphatic heterocycles. The molecule has 2 aromatic carbocycles. The molecule has 0 fully saturated rings. The molecule has 0 spiro atoms. The van der Waals surface area contributed by atoms with Crippen LogP contribution in [0.2, 0.25) is 0 Å². The topological polar surface area (TPSA) is 99.3 Å². The first kappa shape index (κ1) is 19.9. The van der Waals surface area contributed by atoms with Gasteiger partial charge in [-0.1, -0.05) is 42.5 Å². The Hall–Kier alpha value is -3.43. The fraction of sp³-hybridized carbons (Fsp3) is 0.190. The zero-order valence-electron chi connectivity index (χ0n) is 17.1. The van der Waals surface area contributed by atoms with E-state index in [9.17, 15) is 10.0 Å². The Kier molecular flexibility index (Phi) is 5.39. The lowest BCUT2D eigenvalue weighted by Crippen LogP contribution is -2.30. The molecule has 9 heteroatoms. The molecule has 0 saturated heterocycles. The summed E-state index contributed by atoms with van der Waals surface area (Å²) in [5.41, 5.74) is 3.24. The van der Waals surface area contributed by atoms with E-state index in [1.54, 1.807) is 12.1 Å². The Bertz CT molecular complexity index is 1180. The number of nitrogens with one attached hydrogen (secondary N) is 1. The van der Waals surface area contributed by atoms with Crippen LogP contribution < -0.4 is 15.7 Å². The Morgan fingerprint density at radius 1 is 1.00 bits per heavy atom. The van der Waals surface area contributed by atoms with E-state index in [1.165, 1.54) is 0 Å². The Labute approximate surface area is 175 Å². The SMILES string of the molecule is Cc1cc2c(B(O)O)cccc2n1-c1nc(NCc2ccccc2)nc(N(C)C)n1. The van der Waals surface area contributed by atoms with Gasteiger partial charge in [0.2, 0.25) is 17.8 Å². The maximum Gasteiger partial charge on any atom is 0.489 e. The van der Waals surface area contributed by atoms with E-state index >= 15 is 0 Å². The number of hydrogen-bond donors (Lipinski definition) is 3. The van der Waals surface area contributed by atoms with Gasteiger partial charge in [-0.2, -0.15) is 15.0 Å². The second-order valence-electron chi connectivity index (χ2n) is 7.27. The molecule has 0 aliphatic rings. The fourth-order valence-electron chi connectivity index (χ4n) is 3.39. The van der Waals surface area contributed by atoms with Gasteiger partial charge >= 0.3 is 7.12 Å². The van der Waals surface area contributed by atoms with Gasteiger partial charge in [-0.05, 0) is 30.1 Å². The van der Waals surface area contributed by atoms with E-state index in [-0.39, 0.29) is 0 Å². The first-order valence-corrected chi connectivity index (χ1v) is 9.62. The zero-order chi connectivity index (χ0) is 21.3. The summed E-state index contributed by atoms with van der Waals surface area (Å²) >= 11 is 0. The second kappa shape index (κ2) is 8.13. The third kappa shape index (κ3) is 3.85. The van der Waals surface area contributed by atoms with Crippen LogP contribution in [-0.2, 0) is 6.54 Å². The van der Waals surface area contributed by atoms with Gasteiger partial charge < -0.3 is 20.3 Å². The molecule has 0 aliphatic carbocycles. The summed E-state index contributed by atoms with van der Waals surface area (Å²) in [6, 6.07) is 17.3. The minimum Gasteiger partial charge on any atom is -0.423 e. The predicted molar refractivity (Wildman–Crippen MR) is 119 cm³/mol. The third-order valence-electron chi connectivity index (χ3n) is 4.85. The van der Waals surface area contributed by atoms with Crippen molar-refractivity contribution in [2.24, 2.45) is 0 Å². The van der Waals surface area contributed by atoms with E-state index in [2.05, 4.69) is 20.3 Å². The number of anilines is 2. The molecule has 8 nitrogen and oxygen atoms in total. The summed E-state index contributed by atoms with van der Waals surface area (Å²) < 4.78 is 1.89. The van der Waals surface area contributed by atoms with Crippen molar-refractivity contribution in [3.8, 4) is 5.95 Å². The van der Waals surface area contributed by atoms with E-state index in [4.69, 9.17) is 0 Å². The maximum absolute atomic E-state index is 9.72. The number of nitrogens with zero attached hydrogens (tertiary/aromatic N) is 5. The lowest BCUT2D eigenvalue weighted by molar-refractivity contribution is 0.426. The van der Waals surface area contributed by atoms with Crippen LogP contribution in [0.3, 0.4) is 0 Å². The standard InChI is InChI=1S/C21H23BN6O2/c1-14-12-16-17(22(29)30)10-7-11-18(16)28(14)21-25-19(24-20(26-21)27(2)3)23-13-15-8-5-4-6-9-15/h4-12,29-30H,13H2,1-3H3,(H,23,24,25,26). The van der Waals surface area contributed by atoms with Crippen LogP contribution in [-0.4, -0.2) is 50.8 Å². The predicted octanol–water partition coefficient (Wildman–Crippen LogP) is 1.48. The fourth-order valence-corrected chi connectivity index (χ4v) is 3.39. The smallest absolute Gasteiger partial charge is 0.423 e. The number of hydrogen-bond acceptors (Lipinski definition) is 7. The number of benzene rings is 2. The van der Waals surface area contributed by atoms with Crippen molar-refractivity contribution in [1.82, 2.24) is 19.5 Å². The molecule has 4 aromatic rings. The molecule has 0 radical (unpaired) electrons. The van der Waals surface area contributed by atoms with Gasteiger partial charge in [0.25, 0.3) is 0 Å². The summed E-state index contributed by atoms with van der Waals surface area (Å²) in [5, 5.41) is 23.5. The molecular formula is C21H23BN6O2. The van der Waals surface area contributed by atoms with Gasteiger partial charge in [-0.3, -0.25) is 4.57 Å². The van der Waals surface area contributed by atoms with Gasteiger partial charge in [-0.15, -0.1) is 0 Å². The van der Waals surface area contributed by atoms with Gasteiger partial charge in [0.05, 0.1) is 5.52 Å². The molecule has 0 amide bonds. The Balaban J connectivity index is 1.79. The molecule has 0 bridgehead atoms. The highest BCUT2D eigenvalue weighted by molar-refractivity contribution is 6.61. The van der Waals surface area contributed by atoms with Crippen LogP contribution in [0.1, 0.15) is 11.3 Å². The van der Waals surface area contributed by atoms with Crippen molar-refractivity contribution >= 4 is 35.4 Å². The first-order chi connectivity index (χ1) is 14.4. The minimum absolute atomic E-state index is 0.443. The lowest BCUT2D eigenvalue weighted by Gasteiger charge is -2.15. The Morgan fingerprint density at radius 3 is 2.47 bits per heavy atom. The van der Waals surface area contributed by atoms with Gasteiger partial charge in [-0.25, -0.2) is 0 Å². The highest BCUT2D eigenvalue weighted by Gasteiger charge is 2.20. The van der Waals surface area contributed by atoms with Crippen molar-refractivity contribution in [2.75, 3.05) is 24.3 Å². The first-order valence-electron chi connectivity index (χ1n) is 9.62. The molecular weight excluding hydrogens is 379 g/mol. The van der Waals surface area contributed by atoms with Crippen LogP contribution in [0.15, 0.2) is 54.6 Å². The van der Waals surface area contributed by atoms with Gasteiger partial charge in [0, 0.05) is 31.7 Å². The van der Waals surface area contributed by atoms with Crippen LogP contribution in [0.25, 0.3) is 16.9 Å². The van der Waals surface area contributed by atoms with Crippen molar-refractivity contribution in [3.63, 3.8) is 0 Å². The van der Waals surface area contributed by atoms with Crippen molar-refractivity contribution in [3.05, 3.63) is 65.9 Å². The summed E-state index contributed by atoms with van der Waals surface area (Å²) in [4.78, 5) is 15.6. The molecule has 0 saturated carbocycles. The summed E-state index contributed by atoms with van der Waals surface area (Å²) in [6.45, 7) is 2.52. The van der Waals surface area contributed by atoms with Crippen LogP contribution in [0, 0.1) is 6.92 Å². The second-order valence-corrected chi connectivity index (χ2v) is 7.27. The average molecular weight is 402 g/mol. The molecule has 3 N–H and O–H groups in total. The number of aromatic nitrogens is 4. The number of aryl methyl sites for hydroxylation is 1. The number of fused-ring (bicyclic) bond motifs is 1. The molecule has 2 aromatic heterocycles. The normalized spacial score (nSPS) is 11.0. The highest BCUT2D eigenvalue weighted by Crippen LogP contribution is 2.23. The molecule has 152 valence electrons. The summed E-state index contributed by atoms with van der Waals surface area (Å²) in [6.07, 6.45) is 0. The average Bonchev–Trinajstić information content (AvgIpc) is 3.08. The van der Waals surface area contributed by atoms with Crippen LogP contribution in [0.5, 0.6) is 0 Å². The van der Waals surface area contributed by atoms with E-state index in [0.717, 1.165) is 22.2 Å². The van der Waals surface area contributed by atoms with Crippen LogP contribution >= 0.6 is 0 Å². The zero-order valence-corrected chi connectivity index (χ0v) is 17.1. The largest absolute Gasteiger partial charge is 0.489 e. The van der Waals surface area contributed by atoms with Crippen molar-refractivity contribution < 1.29 is 10.0 Å². The van der Waals surface area contributed by atoms with Gasteiger partial charge in [0.1, 0.15) is 0 Å². The van der Waals surface area contributed by atoms with Crippen LogP contribution in [0.4, 0.5) is 11.9 Å². The Morgan fingerprint density at radius 2 is 1.77 bits per heavy atom. The highest BCUT2D eigenvalue weighted by atomic mass is 16.4. The van der Waals surface area contributed by atoms with Gasteiger partial charge in [0.15, 0.2) is 0 Å².